The summed E-state index contributed by atoms with van der Waals surface area (Å²) in [4.78, 5) is 18.1. The zero-order chi connectivity index (χ0) is 13.0. The second kappa shape index (κ2) is 5.93. The number of pyridine rings is 1. The number of likely N-dealkylation sites (N-methyl/N-ethyl adjacent to an activating group) is 1. The highest BCUT2D eigenvalue weighted by atomic mass is 16.5. The van der Waals surface area contributed by atoms with Crippen molar-refractivity contribution in [3.63, 3.8) is 0 Å². The number of ether oxygens (including phenoxy) is 1. The summed E-state index contributed by atoms with van der Waals surface area (Å²) in [7, 11) is 1.78. The number of nitrogens with one attached hydrogen (secondary N) is 1. The molecule has 1 aliphatic rings. The molecule has 2 heterocycles. The molecule has 2 rings (SSSR count). The molecule has 0 aromatic carbocycles. The molecule has 1 atom stereocenters. The van der Waals surface area contributed by atoms with Gasteiger partial charge in [-0.25, -0.2) is 4.98 Å². The maximum atomic E-state index is 12.2. The van der Waals surface area contributed by atoms with Gasteiger partial charge in [-0.05, 0) is 19.1 Å². The second-order valence-electron chi connectivity index (χ2n) is 4.55. The maximum Gasteiger partial charge on any atom is 0.272 e. The van der Waals surface area contributed by atoms with E-state index in [9.17, 15) is 4.79 Å². The Kier molecular flexibility index (Phi) is 4.28. The lowest BCUT2D eigenvalue weighted by molar-refractivity contribution is 0.0102. The normalized spacial score (nSPS) is 19.6. The fraction of sp³-hybridized carbons (Fsp3) is 0.538. The van der Waals surface area contributed by atoms with E-state index < -0.39 is 0 Å². The Hall–Kier alpha value is -1.46. The van der Waals surface area contributed by atoms with Crippen LogP contribution in [-0.2, 0) is 4.74 Å². The molecule has 0 bridgehead atoms. The van der Waals surface area contributed by atoms with Crippen LogP contribution in [0.2, 0.25) is 0 Å². The van der Waals surface area contributed by atoms with E-state index in [1.165, 1.54) is 0 Å². The molecule has 0 radical (unpaired) electrons. The van der Waals surface area contributed by atoms with Crippen LogP contribution in [0.5, 0.6) is 0 Å². The van der Waals surface area contributed by atoms with Gasteiger partial charge in [-0.1, -0.05) is 6.07 Å². The molecule has 1 amide bonds. The number of hydrogen-bond acceptors (Lipinski definition) is 4. The molecule has 1 aliphatic heterocycles. The number of aryl methyl sites for hydroxylation is 1. The van der Waals surface area contributed by atoms with Crippen molar-refractivity contribution in [3.05, 3.63) is 29.6 Å². The third-order valence-corrected chi connectivity index (χ3v) is 2.94. The summed E-state index contributed by atoms with van der Waals surface area (Å²) in [5.74, 6) is -0.0622. The molecule has 1 aromatic rings. The molecule has 1 fully saturated rings. The summed E-state index contributed by atoms with van der Waals surface area (Å²) in [5, 5.41) is 3.25. The first-order valence-corrected chi connectivity index (χ1v) is 6.18. The Labute approximate surface area is 107 Å². The van der Waals surface area contributed by atoms with Gasteiger partial charge >= 0.3 is 0 Å². The van der Waals surface area contributed by atoms with E-state index in [1.807, 2.05) is 19.1 Å². The predicted molar refractivity (Wildman–Crippen MR) is 68.5 cm³/mol. The van der Waals surface area contributed by atoms with Crippen molar-refractivity contribution < 1.29 is 9.53 Å². The fourth-order valence-corrected chi connectivity index (χ4v) is 1.98. The first-order chi connectivity index (χ1) is 8.66. The second-order valence-corrected chi connectivity index (χ2v) is 4.55. The first kappa shape index (κ1) is 13.0. The number of nitrogens with zero attached hydrogens (tertiary/aromatic N) is 2. The van der Waals surface area contributed by atoms with E-state index in [2.05, 4.69) is 10.3 Å². The molecular weight excluding hydrogens is 230 g/mol. The Morgan fingerprint density at radius 2 is 2.44 bits per heavy atom. The van der Waals surface area contributed by atoms with Crippen LogP contribution in [0, 0.1) is 6.92 Å². The average Bonchev–Trinajstić information content (AvgIpc) is 2.39. The number of rotatable bonds is 3. The van der Waals surface area contributed by atoms with Gasteiger partial charge in [0.2, 0.25) is 0 Å². The molecule has 1 saturated heterocycles. The molecule has 1 unspecified atom stereocenters. The van der Waals surface area contributed by atoms with Crippen molar-refractivity contribution in [2.75, 3.05) is 33.3 Å². The monoisotopic (exact) mass is 249 g/mol. The van der Waals surface area contributed by atoms with E-state index >= 15 is 0 Å². The number of hydrogen-bond donors (Lipinski definition) is 1. The van der Waals surface area contributed by atoms with Gasteiger partial charge in [0.25, 0.3) is 5.91 Å². The van der Waals surface area contributed by atoms with Gasteiger partial charge in [-0.2, -0.15) is 0 Å². The lowest BCUT2D eigenvalue weighted by atomic mass is 10.2. The van der Waals surface area contributed by atoms with E-state index in [4.69, 9.17) is 4.74 Å². The molecule has 0 saturated carbocycles. The maximum absolute atomic E-state index is 12.2. The topological polar surface area (TPSA) is 54.5 Å². The third kappa shape index (κ3) is 3.27. The van der Waals surface area contributed by atoms with Crippen LogP contribution in [0.1, 0.15) is 16.2 Å². The van der Waals surface area contributed by atoms with Gasteiger partial charge in [0, 0.05) is 32.4 Å². The number of carbonyl (C=O) groups excluding carboxylic acids is 1. The van der Waals surface area contributed by atoms with Gasteiger partial charge in [-0.3, -0.25) is 4.79 Å². The number of morpholine rings is 1. The molecule has 5 nitrogen and oxygen atoms in total. The van der Waals surface area contributed by atoms with E-state index in [1.54, 1.807) is 18.0 Å². The highest BCUT2D eigenvalue weighted by Gasteiger charge is 2.20. The largest absolute Gasteiger partial charge is 0.374 e. The van der Waals surface area contributed by atoms with Crippen LogP contribution in [0.3, 0.4) is 0 Å². The summed E-state index contributed by atoms with van der Waals surface area (Å²) < 4.78 is 5.58. The lowest BCUT2D eigenvalue weighted by Gasteiger charge is -2.27. The van der Waals surface area contributed by atoms with Crippen molar-refractivity contribution in [3.8, 4) is 0 Å². The zero-order valence-corrected chi connectivity index (χ0v) is 10.8. The highest BCUT2D eigenvalue weighted by Crippen LogP contribution is 2.05. The quantitative estimate of drug-likeness (QED) is 0.845. The minimum absolute atomic E-state index is 0.0622. The summed E-state index contributed by atoms with van der Waals surface area (Å²) in [6.45, 7) is 4.84. The Morgan fingerprint density at radius 1 is 1.61 bits per heavy atom. The van der Waals surface area contributed by atoms with Gasteiger partial charge in [0.05, 0.1) is 12.7 Å². The molecule has 5 heteroatoms. The third-order valence-electron chi connectivity index (χ3n) is 2.94. The van der Waals surface area contributed by atoms with Crippen LogP contribution in [0.4, 0.5) is 0 Å². The van der Waals surface area contributed by atoms with E-state index in [0.717, 1.165) is 18.8 Å². The molecule has 0 aliphatic carbocycles. The van der Waals surface area contributed by atoms with Crippen LogP contribution in [0.25, 0.3) is 0 Å². The Morgan fingerprint density at radius 3 is 3.11 bits per heavy atom. The molecule has 0 spiro atoms. The summed E-state index contributed by atoms with van der Waals surface area (Å²) in [6, 6.07) is 5.47. The zero-order valence-electron chi connectivity index (χ0n) is 10.8. The molecule has 18 heavy (non-hydrogen) atoms. The Bertz CT molecular complexity index is 416. The predicted octanol–water partition coefficient (Wildman–Crippen LogP) is 0.450. The molecular formula is C13H19N3O2. The number of aromatic nitrogens is 1. The molecule has 1 aromatic heterocycles. The minimum atomic E-state index is -0.0622. The van der Waals surface area contributed by atoms with E-state index in [0.29, 0.717) is 18.8 Å². The first-order valence-electron chi connectivity index (χ1n) is 6.18. The summed E-state index contributed by atoms with van der Waals surface area (Å²) in [5.41, 5.74) is 1.34. The van der Waals surface area contributed by atoms with Crippen molar-refractivity contribution in [2.24, 2.45) is 0 Å². The summed E-state index contributed by atoms with van der Waals surface area (Å²) in [6.07, 6.45) is 0.0671. The van der Waals surface area contributed by atoms with Crippen LogP contribution >= 0.6 is 0 Å². The lowest BCUT2D eigenvalue weighted by Crippen LogP contribution is -2.45. The van der Waals surface area contributed by atoms with Gasteiger partial charge in [-0.15, -0.1) is 0 Å². The van der Waals surface area contributed by atoms with Crippen molar-refractivity contribution >= 4 is 5.91 Å². The molecule has 1 N–H and O–H groups in total. The van der Waals surface area contributed by atoms with Crippen LogP contribution < -0.4 is 5.32 Å². The van der Waals surface area contributed by atoms with Crippen molar-refractivity contribution in [1.82, 2.24) is 15.2 Å². The number of carbonyl (C=O) groups is 1. The average molecular weight is 249 g/mol. The smallest absolute Gasteiger partial charge is 0.272 e. The van der Waals surface area contributed by atoms with Crippen molar-refractivity contribution in [2.45, 2.75) is 13.0 Å². The van der Waals surface area contributed by atoms with Crippen molar-refractivity contribution in [1.29, 1.82) is 0 Å². The van der Waals surface area contributed by atoms with Crippen LogP contribution in [0.15, 0.2) is 18.2 Å². The summed E-state index contributed by atoms with van der Waals surface area (Å²) >= 11 is 0. The van der Waals surface area contributed by atoms with Gasteiger partial charge in [0.1, 0.15) is 5.69 Å². The fourth-order valence-electron chi connectivity index (χ4n) is 1.98. The van der Waals surface area contributed by atoms with Crippen LogP contribution in [-0.4, -0.2) is 55.2 Å². The standard InChI is InChI=1S/C13H19N3O2/c1-10-4-3-5-12(15-10)13(17)16(2)9-11-8-14-6-7-18-11/h3-5,11,14H,6-9H2,1-2H3. The van der Waals surface area contributed by atoms with Gasteiger partial charge in [0.15, 0.2) is 0 Å². The van der Waals surface area contributed by atoms with Gasteiger partial charge < -0.3 is 15.0 Å². The Balaban J connectivity index is 1.95. The minimum Gasteiger partial charge on any atom is -0.374 e. The molecule has 98 valence electrons. The number of amides is 1. The SMILES string of the molecule is Cc1cccc(C(=O)N(C)CC2CNCCO2)n1. The highest BCUT2D eigenvalue weighted by molar-refractivity contribution is 5.92. The van der Waals surface area contributed by atoms with E-state index in [-0.39, 0.29) is 12.0 Å².